The Kier molecular flexibility index (Phi) is 3.90. The van der Waals surface area contributed by atoms with Crippen LogP contribution >= 0.6 is 0 Å². The quantitative estimate of drug-likeness (QED) is 0.525. The predicted octanol–water partition coefficient (Wildman–Crippen LogP) is 1.98. The van der Waals surface area contributed by atoms with Crippen molar-refractivity contribution in [3.63, 3.8) is 0 Å². The minimum Gasteiger partial charge on any atom is -0.362 e. The van der Waals surface area contributed by atoms with Gasteiger partial charge in [-0.05, 0) is 25.5 Å². The molecule has 1 aliphatic heterocycles. The van der Waals surface area contributed by atoms with Crippen molar-refractivity contribution in [1.29, 1.82) is 0 Å². The highest BCUT2D eigenvalue weighted by molar-refractivity contribution is 5.65. The van der Waals surface area contributed by atoms with Crippen LogP contribution in [0.3, 0.4) is 0 Å². The lowest BCUT2D eigenvalue weighted by atomic mass is 10.1. The first-order valence-corrected chi connectivity index (χ1v) is 8.45. The number of aryl methyl sites for hydroxylation is 2. The van der Waals surface area contributed by atoms with Crippen LogP contribution < -0.4 is 9.80 Å². The van der Waals surface area contributed by atoms with Crippen molar-refractivity contribution < 1.29 is 4.92 Å². The molecule has 1 aliphatic rings. The molecule has 2 aromatic heterocycles. The Hall–Kier alpha value is -3.23. The SMILES string of the molecule is Cc1ccc(N2CCN(c3cc(C)nc4ncnn34)CC2)c([N+](=O)[O-])c1. The molecule has 4 rings (SSSR count). The highest BCUT2D eigenvalue weighted by Crippen LogP contribution is 2.30. The summed E-state index contributed by atoms with van der Waals surface area (Å²) in [7, 11) is 0. The van der Waals surface area contributed by atoms with Crippen molar-refractivity contribution in [1.82, 2.24) is 19.6 Å². The van der Waals surface area contributed by atoms with E-state index in [4.69, 9.17) is 0 Å². The first-order valence-electron chi connectivity index (χ1n) is 8.45. The first kappa shape index (κ1) is 16.2. The topological polar surface area (TPSA) is 92.7 Å². The number of fused-ring (bicyclic) bond motifs is 1. The van der Waals surface area contributed by atoms with Crippen LogP contribution in [0.5, 0.6) is 0 Å². The molecule has 9 nitrogen and oxygen atoms in total. The van der Waals surface area contributed by atoms with Gasteiger partial charge in [-0.1, -0.05) is 6.07 Å². The van der Waals surface area contributed by atoms with E-state index in [1.807, 2.05) is 32.0 Å². The van der Waals surface area contributed by atoms with Crippen molar-refractivity contribution in [2.24, 2.45) is 0 Å². The maximum absolute atomic E-state index is 11.4. The average Bonchev–Trinajstić information content (AvgIpc) is 3.09. The van der Waals surface area contributed by atoms with Gasteiger partial charge in [-0.15, -0.1) is 0 Å². The molecule has 1 aromatic carbocycles. The molecular formula is C17H19N7O2. The Morgan fingerprint density at radius 1 is 1.08 bits per heavy atom. The van der Waals surface area contributed by atoms with Crippen molar-refractivity contribution in [2.75, 3.05) is 36.0 Å². The Morgan fingerprint density at radius 2 is 1.81 bits per heavy atom. The Morgan fingerprint density at radius 3 is 2.54 bits per heavy atom. The second kappa shape index (κ2) is 6.25. The minimum atomic E-state index is -0.306. The number of hydrogen-bond acceptors (Lipinski definition) is 7. The number of hydrogen-bond donors (Lipinski definition) is 0. The van der Waals surface area contributed by atoms with E-state index in [9.17, 15) is 10.1 Å². The molecule has 134 valence electrons. The molecule has 0 unspecified atom stereocenters. The second-order valence-electron chi connectivity index (χ2n) is 6.45. The van der Waals surface area contributed by atoms with Gasteiger partial charge in [0.1, 0.15) is 17.8 Å². The number of benzene rings is 1. The molecule has 0 radical (unpaired) electrons. The van der Waals surface area contributed by atoms with E-state index in [0.29, 0.717) is 24.6 Å². The zero-order valence-electron chi connectivity index (χ0n) is 14.7. The summed E-state index contributed by atoms with van der Waals surface area (Å²) in [5.74, 6) is 1.53. The number of anilines is 2. The van der Waals surface area contributed by atoms with Gasteiger partial charge in [0.15, 0.2) is 0 Å². The molecule has 0 spiro atoms. The highest BCUT2D eigenvalue weighted by atomic mass is 16.6. The fourth-order valence-electron chi connectivity index (χ4n) is 3.36. The molecule has 0 atom stereocenters. The van der Waals surface area contributed by atoms with Gasteiger partial charge in [0.2, 0.25) is 0 Å². The van der Waals surface area contributed by atoms with Crippen molar-refractivity contribution in [2.45, 2.75) is 13.8 Å². The van der Waals surface area contributed by atoms with Gasteiger partial charge >= 0.3 is 0 Å². The normalized spacial score (nSPS) is 14.8. The number of rotatable bonds is 3. The molecule has 3 heterocycles. The summed E-state index contributed by atoms with van der Waals surface area (Å²) in [5.41, 5.74) is 2.62. The van der Waals surface area contributed by atoms with Gasteiger partial charge in [0.05, 0.1) is 4.92 Å². The maximum atomic E-state index is 11.4. The molecule has 0 saturated carbocycles. The number of piperazine rings is 1. The first-order chi connectivity index (χ1) is 12.5. The lowest BCUT2D eigenvalue weighted by Crippen LogP contribution is -2.47. The molecule has 0 aliphatic carbocycles. The van der Waals surface area contributed by atoms with E-state index < -0.39 is 0 Å². The molecule has 9 heteroatoms. The monoisotopic (exact) mass is 353 g/mol. The third kappa shape index (κ3) is 2.81. The summed E-state index contributed by atoms with van der Waals surface area (Å²) in [6, 6.07) is 7.38. The summed E-state index contributed by atoms with van der Waals surface area (Å²) in [6.45, 7) is 6.67. The van der Waals surface area contributed by atoms with E-state index >= 15 is 0 Å². The third-order valence-electron chi connectivity index (χ3n) is 4.63. The van der Waals surface area contributed by atoms with Crippen LogP contribution in [0.4, 0.5) is 17.2 Å². The standard InChI is InChI=1S/C17H19N7O2/c1-12-3-4-14(15(9-12)24(25)26)21-5-7-22(8-6-21)16-10-13(2)20-17-18-11-19-23(16)17/h3-4,9-11H,5-8H2,1-2H3. The molecule has 0 amide bonds. The smallest absolute Gasteiger partial charge is 0.292 e. The van der Waals surface area contributed by atoms with E-state index in [1.54, 1.807) is 10.6 Å². The maximum Gasteiger partial charge on any atom is 0.292 e. The van der Waals surface area contributed by atoms with Gasteiger partial charge in [-0.3, -0.25) is 10.1 Å². The zero-order chi connectivity index (χ0) is 18.3. The summed E-state index contributed by atoms with van der Waals surface area (Å²) in [6.07, 6.45) is 1.50. The van der Waals surface area contributed by atoms with Crippen LogP contribution in [0.15, 0.2) is 30.6 Å². The van der Waals surface area contributed by atoms with Crippen LogP contribution in [0.1, 0.15) is 11.3 Å². The van der Waals surface area contributed by atoms with Crippen molar-refractivity contribution in [3.8, 4) is 0 Å². The Bertz CT molecular complexity index is 976. The van der Waals surface area contributed by atoms with Gasteiger partial charge in [0, 0.05) is 44.0 Å². The lowest BCUT2D eigenvalue weighted by Gasteiger charge is -2.36. The third-order valence-corrected chi connectivity index (χ3v) is 4.63. The largest absolute Gasteiger partial charge is 0.362 e. The second-order valence-corrected chi connectivity index (χ2v) is 6.45. The summed E-state index contributed by atoms with van der Waals surface area (Å²) >= 11 is 0. The van der Waals surface area contributed by atoms with Crippen LogP contribution in [-0.2, 0) is 0 Å². The van der Waals surface area contributed by atoms with Gasteiger partial charge < -0.3 is 9.80 Å². The number of nitrogens with zero attached hydrogens (tertiary/aromatic N) is 7. The van der Waals surface area contributed by atoms with E-state index in [-0.39, 0.29) is 10.6 Å². The van der Waals surface area contributed by atoms with Gasteiger partial charge in [0.25, 0.3) is 11.5 Å². The zero-order valence-corrected chi connectivity index (χ0v) is 14.7. The molecular weight excluding hydrogens is 334 g/mol. The molecule has 0 N–H and O–H groups in total. The molecule has 1 saturated heterocycles. The number of nitro groups is 1. The van der Waals surface area contributed by atoms with Crippen molar-refractivity contribution >= 4 is 23.0 Å². The number of aromatic nitrogens is 4. The molecule has 0 bridgehead atoms. The molecule has 3 aromatic rings. The van der Waals surface area contributed by atoms with Crippen LogP contribution in [0.2, 0.25) is 0 Å². The fraction of sp³-hybridized carbons (Fsp3) is 0.353. The van der Waals surface area contributed by atoms with E-state index in [2.05, 4.69) is 24.9 Å². The average molecular weight is 353 g/mol. The minimum absolute atomic E-state index is 0.164. The van der Waals surface area contributed by atoms with Crippen LogP contribution in [0.25, 0.3) is 5.78 Å². The van der Waals surface area contributed by atoms with E-state index in [1.165, 1.54) is 6.33 Å². The Labute approximate surface area is 150 Å². The summed E-state index contributed by atoms with van der Waals surface area (Å²) < 4.78 is 1.73. The lowest BCUT2D eigenvalue weighted by molar-refractivity contribution is -0.384. The molecule has 26 heavy (non-hydrogen) atoms. The van der Waals surface area contributed by atoms with Crippen LogP contribution in [0, 0.1) is 24.0 Å². The summed E-state index contributed by atoms with van der Waals surface area (Å²) in [4.78, 5) is 23.9. The summed E-state index contributed by atoms with van der Waals surface area (Å²) in [5, 5.41) is 15.7. The van der Waals surface area contributed by atoms with Crippen LogP contribution in [-0.4, -0.2) is 50.7 Å². The van der Waals surface area contributed by atoms with Crippen molar-refractivity contribution in [3.05, 3.63) is 52.0 Å². The number of nitro benzene ring substituents is 1. The fourth-order valence-corrected chi connectivity index (χ4v) is 3.36. The highest BCUT2D eigenvalue weighted by Gasteiger charge is 2.25. The van der Waals surface area contributed by atoms with Gasteiger partial charge in [-0.25, -0.2) is 4.98 Å². The predicted molar refractivity (Wildman–Crippen MR) is 97.8 cm³/mol. The van der Waals surface area contributed by atoms with E-state index in [0.717, 1.165) is 30.2 Å². The Balaban J connectivity index is 1.58. The van der Waals surface area contributed by atoms with Gasteiger partial charge in [-0.2, -0.15) is 14.6 Å². The molecule has 1 fully saturated rings.